The van der Waals surface area contributed by atoms with Gasteiger partial charge in [0, 0.05) is 51.3 Å². The molecule has 2 aromatic rings. The molecule has 1 amide bonds. The summed E-state index contributed by atoms with van der Waals surface area (Å²) in [5.41, 5.74) is 14.0. The Labute approximate surface area is 218 Å². The van der Waals surface area contributed by atoms with Gasteiger partial charge in [0.2, 0.25) is 5.92 Å². The zero-order valence-corrected chi connectivity index (χ0v) is 21.1. The van der Waals surface area contributed by atoms with E-state index in [1.54, 1.807) is 30.3 Å². The maximum absolute atomic E-state index is 14.3. The number of benzene rings is 1. The molecule has 0 spiro atoms. The second-order valence-corrected chi connectivity index (χ2v) is 9.57. The smallest absolute Gasteiger partial charge is 0.272 e. The van der Waals surface area contributed by atoms with E-state index in [-0.39, 0.29) is 56.9 Å². The molecule has 1 fully saturated rings. The van der Waals surface area contributed by atoms with Crippen LogP contribution in [0.2, 0.25) is 0 Å². The van der Waals surface area contributed by atoms with Gasteiger partial charge in [0.1, 0.15) is 12.0 Å². The Balaban J connectivity index is 1.58. The molecular formula is C26H32F3N7O2. The first-order valence-electron chi connectivity index (χ1n) is 12.4. The van der Waals surface area contributed by atoms with Gasteiger partial charge in [0.15, 0.2) is 11.5 Å². The summed E-state index contributed by atoms with van der Waals surface area (Å²) in [6.07, 6.45) is 2.22. The highest BCUT2D eigenvalue weighted by Gasteiger charge is 2.47. The van der Waals surface area contributed by atoms with Crippen LogP contribution in [-0.2, 0) is 11.3 Å². The van der Waals surface area contributed by atoms with Gasteiger partial charge in [-0.05, 0) is 47.4 Å². The van der Waals surface area contributed by atoms with Crippen molar-refractivity contribution in [3.05, 3.63) is 59.3 Å². The van der Waals surface area contributed by atoms with E-state index in [1.165, 1.54) is 18.3 Å². The van der Waals surface area contributed by atoms with Crippen molar-refractivity contribution in [1.29, 1.82) is 0 Å². The van der Waals surface area contributed by atoms with Crippen LogP contribution in [-0.4, -0.2) is 55.4 Å². The van der Waals surface area contributed by atoms with E-state index in [4.69, 9.17) is 11.5 Å². The molecule has 2 atom stereocenters. The lowest BCUT2D eigenvalue weighted by Crippen LogP contribution is -2.45. The number of hydrogen-bond donors (Lipinski definition) is 5. The van der Waals surface area contributed by atoms with Gasteiger partial charge < -0.3 is 32.3 Å². The lowest BCUT2D eigenvalue weighted by molar-refractivity contribution is -0.116. The fraction of sp³-hybridized carbons (Fsp3) is 0.423. The van der Waals surface area contributed by atoms with Crippen LogP contribution in [0.4, 0.5) is 24.5 Å². The van der Waals surface area contributed by atoms with Crippen molar-refractivity contribution in [3.63, 3.8) is 0 Å². The first kappa shape index (κ1) is 27.4. The fourth-order valence-corrected chi connectivity index (χ4v) is 5.10. The molecule has 204 valence electrons. The number of fused-ring (bicyclic) bond motifs is 1. The number of amides is 1. The third-order valence-electron chi connectivity index (χ3n) is 6.85. The molecule has 12 heteroatoms. The summed E-state index contributed by atoms with van der Waals surface area (Å²) in [5, 5.41) is 8.84. The topological polar surface area (TPSA) is 138 Å². The summed E-state index contributed by atoms with van der Waals surface area (Å²) in [4.78, 5) is 31.5. The Bertz CT molecular complexity index is 1240. The lowest BCUT2D eigenvalue weighted by Gasteiger charge is -2.31. The van der Waals surface area contributed by atoms with Gasteiger partial charge in [-0.3, -0.25) is 9.59 Å². The van der Waals surface area contributed by atoms with Crippen LogP contribution in [0.3, 0.4) is 0 Å². The molecular weight excluding hydrogens is 499 g/mol. The van der Waals surface area contributed by atoms with Crippen LogP contribution < -0.4 is 32.3 Å². The molecule has 0 saturated heterocycles. The quantitative estimate of drug-likeness (QED) is 0.315. The number of aromatic nitrogens is 1. The minimum Gasteiger partial charge on any atom is -0.394 e. The Kier molecular flexibility index (Phi) is 8.22. The van der Waals surface area contributed by atoms with Crippen molar-refractivity contribution >= 4 is 28.6 Å². The Morgan fingerprint density at radius 2 is 2.05 bits per heavy atom. The predicted octanol–water partition coefficient (Wildman–Crippen LogP) is 2.19. The number of carbonyl (C=O) groups is 2. The van der Waals surface area contributed by atoms with Crippen LogP contribution in [0.15, 0.2) is 36.7 Å². The first-order chi connectivity index (χ1) is 18.2. The average Bonchev–Trinajstić information content (AvgIpc) is 3.44. The van der Waals surface area contributed by atoms with E-state index >= 15 is 0 Å². The van der Waals surface area contributed by atoms with Crippen molar-refractivity contribution in [2.75, 3.05) is 36.9 Å². The summed E-state index contributed by atoms with van der Waals surface area (Å²) in [6.45, 7) is -0.188. The molecule has 1 aliphatic carbocycles. The molecule has 9 nitrogen and oxygen atoms in total. The average molecular weight is 532 g/mol. The summed E-state index contributed by atoms with van der Waals surface area (Å²) in [7, 11) is 1.71. The maximum atomic E-state index is 14.3. The summed E-state index contributed by atoms with van der Waals surface area (Å²) >= 11 is 0. The standard InChI is InChI=1S/C26H32F3N7O2/c1-32-13-18(10-30)17-6-15(7-19(27)8-17)12-34-25(38)22-23-21(3-5-33-22)35-24(36(23)14-20(37)11-31)16-2-4-26(28,29)9-16/h3,5-8,13,16,24,32,35H,2,4,9-12,14,30-31H2,1H3,(H,34,38)/b18-13+. The molecule has 38 heavy (non-hydrogen) atoms. The third kappa shape index (κ3) is 5.91. The van der Waals surface area contributed by atoms with Crippen LogP contribution in [0.25, 0.3) is 5.57 Å². The van der Waals surface area contributed by atoms with Crippen molar-refractivity contribution in [2.24, 2.45) is 17.4 Å². The second-order valence-electron chi connectivity index (χ2n) is 9.57. The zero-order chi connectivity index (χ0) is 27.4. The number of nitrogens with zero attached hydrogens (tertiary/aromatic N) is 2. The molecule has 1 aromatic heterocycles. The van der Waals surface area contributed by atoms with E-state index < -0.39 is 29.7 Å². The fourth-order valence-electron chi connectivity index (χ4n) is 5.10. The Morgan fingerprint density at radius 1 is 1.26 bits per heavy atom. The van der Waals surface area contributed by atoms with Gasteiger partial charge in [-0.1, -0.05) is 0 Å². The molecule has 2 unspecified atom stereocenters. The van der Waals surface area contributed by atoms with Crippen LogP contribution in [0.5, 0.6) is 0 Å². The largest absolute Gasteiger partial charge is 0.394 e. The molecule has 2 heterocycles. The summed E-state index contributed by atoms with van der Waals surface area (Å²) < 4.78 is 42.4. The van der Waals surface area contributed by atoms with Gasteiger partial charge in [-0.25, -0.2) is 18.2 Å². The van der Waals surface area contributed by atoms with Crippen LogP contribution >= 0.6 is 0 Å². The monoisotopic (exact) mass is 531 g/mol. The summed E-state index contributed by atoms with van der Waals surface area (Å²) in [5.74, 6) is -4.55. The highest BCUT2D eigenvalue weighted by atomic mass is 19.3. The number of nitrogens with one attached hydrogen (secondary N) is 3. The molecule has 4 rings (SSSR count). The van der Waals surface area contributed by atoms with Gasteiger partial charge in [0.25, 0.3) is 5.91 Å². The molecule has 0 bridgehead atoms. The zero-order valence-electron chi connectivity index (χ0n) is 21.1. The molecule has 0 radical (unpaired) electrons. The van der Waals surface area contributed by atoms with Crippen LogP contribution in [0.1, 0.15) is 40.9 Å². The number of ketones is 1. The lowest BCUT2D eigenvalue weighted by atomic mass is 10.0. The van der Waals surface area contributed by atoms with Crippen molar-refractivity contribution in [1.82, 2.24) is 15.6 Å². The van der Waals surface area contributed by atoms with Crippen LogP contribution in [0, 0.1) is 11.7 Å². The van der Waals surface area contributed by atoms with E-state index in [0.29, 0.717) is 28.1 Å². The number of Topliss-reactive ketones (excluding diaryl/α,β-unsaturated/α-hetero) is 1. The molecule has 1 aliphatic heterocycles. The number of rotatable bonds is 10. The van der Waals surface area contributed by atoms with Crippen molar-refractivity contribution in [2.45, 2.75) is 37.9 Å². The third-order valence-corrected chi connectivity index (χ3v) is 6.85. The minimum atomic E-state index is -2.78. The number of halogens is 3. The van der Waals surface area contributed by atoms with Gasteiger partial charge in [-0.15, -0.1) is 0 Å². The number of carbonyl (C=O) groups excluding carboxylic acids is 2. The number of anilines is 2. The van der Waals surface area contributed by atoms with E-state index in [9.17, 15) is 22.8 Å². The Hall–Kier alpha value is -3.64. The summed E-state index contributed by atoms with van der Waals surface area (Å²) in [6, 6.07) is 6.04. The van der Waals surface area contributed by atoms with Crippen molar-refractivity contribution < 1.29 is 22.8 Å². The normalized spacial score (nSPS) is 20.2. The maximum Gasteiger partial charge on any atom is 0.272 e. The highest BCUT2D eigenvalue weighted by molar-refractivity contribution is 6.03. The number of hydrogen-bond acceptors (Lipinski definition) is 8. The van der Waals surface area contributed by atoms with E-state index in [2.05, 4.69) is 20.9 Å². The number of alkyl halides is 2. The SMILES string of the molecule is CN/C=C(\CN)c1cc(F)cc(CNC(=O)c2nccc3c2N(CC(=O)CN)C(C2CCC(F)(F)C2)N3)c1. The number of nitrogens with two attached hydrogens (primary N) is 2. The van der Waals surface area contributed by atoms with Crippen molar-refractivity contribution in [3.8, 4) is 0 Å². The van der Waals surface area contributed by atoms with Gasteiger partial charge in [0.05, 0.1) is 24.5 Å². The molecule has 7 N–H and O–H groups in total. The highest BCUT2D eigenvalue weighted by Crippen LogP contribution is 2.46. The molecule has 1 aromatic carbocycles. The van der Waals surface area contributed by atoms with E-state index in [0.717, 1.165) is 0 Å². The van der Waals surface area contributed by atoms with Gasteiger partial charge in [-0.2, -0.15) is 0 Å². The first-order valence-corrected chi connectivity index (χ1v) is 12.4. The number of pyridine rings is 1. The van der Waals surface area contributed by atoms with Gasteiger partial charge >= 0.3 is 0 Å². The molecule has 1 saturated carbocycles. The molecule has 2 aliphatic rings. The Morgan fingerprint density at radius 3 is 2.71 bits per heavy atom. The predicted molar refractivity (Wildman–Crippen MR) is 139 cm³/mol. The second kappa shape index (κ2) is 11.4. The minimum absolute atomic E-state index is 0.000217. The van der Waals surface area contributed by atoms with E-state index in [1.807, 2.05) is 0 Å².